The summed E-state index contributed by atoms with van der Waals surface area (Å²) < 4.78 is 26.4. The molecule has 2 rings (SSSR count). The van der Waals surface area contributed by atoms with Gasteiger partial charge in [0, 0.05) is 6.20 Å². The molecule has 2 nitrogen and oxygen atoms in total. The first-order chi connectivity index (χ1) is 5.27. The molecular weight excluding hydrogens is 150 g/mol. The van der Waals surface area contributed by atoms with Crippen molar-refractivity contribution in [1.29, 1.82) is 0 Å². The quantitative estimate of drug-likeness (QED) is 0.563. The van der Waals surface area contributed by atoms with Crippen molar-refractivity contribution in [3.05, 3.63) is 36.3 Å². The van der Waals surface area contributed by atoms with E-state index >= 15 is 0 Å². The summed E-state index contributed by atoms with van der Waals surface area (Å²) in [7, 11) is 0. The van der Waals surface area contributed by atoms with Crippen molar-refractivity contribution in [2.24, 2.45) is 0 Å². The van der Waals surface area contributed by atoms with Crippen molar-refractivity contribution in [2.45, 2.75) is 0 Å². The maximum Gasteiger partial charge on any atom is 0.231 e. The number of nitrogens with zero attached hydrogens (tertiary/aromatic N) is 2. The number of hydrogen-bond acceptors (Lipinski definition) is 1. The zero-order chi connectivity index (χ0) is 7.84. The van der Waals surface area contributed by atoms with Crippen LogP contribution in [-0.2, 0) is 0 Å². The Morgan fingerprint density at radius 3 is 2.91 bits per heavy atom. The Bertz CT molecular complexity index is 394. The standard InChI is InChI=1S/C7H4F2N2/c8-5-2-1-3-11-4-6(9)10-7(5)11/h1-4H. The largest absolute Gasteiger partial charge is 0.302 e. The summed E-state index contributed by atoms with van der Waals surface area (Å²) in [5, 5.41) is 0. The van der Waals surface area contributed by atoms with E-state index in [2.05, 4.69) is 4.98 Å². The highest BCUT2D eigenvalue weighted by atomic mass is 19.1. The van der Waals surface area contributed by atoms with Gasteiger partial charge in [-0.3, -0.25) is 0 Å². The van der Waals surface area contributed by atoms with Gasteiger partial charge < -0.3 is 4.40 Å². The van der Waals surface area contributed by atoms with E-state index in [-0.39, 0.29) is 5.65 Å². The number of rotatable bonds is 0. The van der Waals surface area contributed by atoms with Crippen molar-refractivity contribution in [3.63, 3.8) is 0 Å². The Morgan fingerprint density at radius 2 is 2.18 bits per heavy atom. The Labute approximate surface area is 61.1 Å². The minimum absolute atomic E-state index is 0.0185. The van der Waals surface area contributed by atoms with E-state index in [1.54, 1.807) is 0 Å². The topological polar surface area (TPSA) is 17.3 Å². The second-order valence-electron chi connectivity index (χ2n) is 2.15. The van der Waals surface area contributed by atoms with E-state index in [0.717, 1.165) is 6.20 Å². The molecule has 0 aliphatic heterocycles. The number of hydrogen-bond donors (Lipinski definition) is 0. The zero-order valence-corrected chi connectivity index (χ0v) is 5.46. The van der Waals surface area contributed by atoms with Gasteiger partial charge in [-0.2, -0.15) is 9.37 Å². The Hall–Kier alpha value is -1.45. The van der Waals surface area contributed by atoms with Gasteiger partial charge in [-0.1, -0.05) is 0 Å². The molecule has 0 bridgehead atoms. The molecule has 0 saturated heterocycles. The van der Waals surface area contributed by atoms with E-state index in [4.69, 9.17) is 0 Å². The molecule has 0 aliphatic carbocycles. The summed E-state index contributed by atoms with van der Waals surface area (Å²) in [6, 6.07) is 2.73. The molecule has 0 aromatic carbocycles. The summed E-state index contributed by atoms with van der Waals surface area (Å²) >= 11 is 0. The molecule has 0 saturated carbocycles. The zero-order valence-electron chi connectivity index (χ0n) is 5.46. The van der Waals surface area contributed by atoms with Crippen LogP contribution >= 0.6 is 0 Å². The van der Waals surface area contributed by atoms with E-state index in [1.165, 1.54) is 22.7 Å². The third-order valence-corrected chi connectivity index (χ3v) is 1.41. The highest BCUT2D eigenvalue weighted by molar-refractivity contribution is 5.39. The van der Waals surface area contributed by atoms with Gasteiger partial charge in [-0.25, -0.2) is 4.39 Å². The molecule has 0 spiro atoms. The van der Waals surface area contributed by atoms with Crippen molar-refractivity contribution in [2.75, 3.05) is 0 Å². The fourth-order valence-corrected chi connectivity index (χ4v) is 0.949. The molecule has 0 aliphatic rings. The number of imidazole rings is 1. The van der Waals surface area contributed by atoms with Crippen LogP contribution in [0.3, 0.4) is 0 Å². The molecule has 11 heavy (non-hydrogen) atoms. The molecule has 56 valence electrons. The molecule has 0 N–H and O–H groups in total. The first-order valence-electron chi connectivity index (χ1n) is 3.06. The Kier molecular flexibility index (Phi) is 1.15. The third kappa shape index (κ3) is 0.869. The lowest BCUT2D eigenvalue weighted by molar-refractivity contribution is 0.588. The molecule has 4 heteroatoms. The highest BCUT2D eigenvalue weighted by Crippen LogP contribution is 2.07. The SMILES string of the molecule is Fc1cn2cccc(F)c2n1. The first-order valence-corrected chi connectivity index (χ1v) is 3.06. The van der Waals surface area contributed by atoms with E-state index < -0.39 is 11.8 Å². The van der Waals surface area contributed by atoms with Crippen molar-refractivity contribution in [1.82, 2.24) is 9.38 Å². The molecule has 0 radical (unpaired) electrons. The molecule has 0 atom stereocenters. The van der Waals surface area contributed by atoms with E-state index in [0.29, 0.717) is 0 Å². The monoisotopic (exact) mass is 154 g/mol. The van der Waals surface area contributed by atoms with Gasteiger partial charge in [0.2, 0.25) is 5.95 Å². The van der Waals surface area contributed by atoms with Crippen LogP contribution in [0.1, 0.15) is 0 Å². The molecule has 0 fully saturated rings. The maximum atomic E-state index is 12.7. The minimum Gasteiger partial charge on any atom is -0.302 e. The lowest BCUT2D eigenvalue weighted by Gasteiger charge is -1.90. The van der Waals surface area contributed by atoms with Gasteiger partial charge in [0.15, 0.2) is 11.5 Å². The molecular formula is C7H4F2N2. The van der Waals surface area contributed by atoms with Crippen LogP contribution in [-0.4, -0.2) is 9.38 Å². The summed E-state index contributed by atoms with van der Waals surface area (Å²) in [6.07, 6.45) is 2.66. The van der Waals surface area contributed by atoms with Crippen LogP contribution < -0.4 is 0 Å². The fraction of sp³-hybridized carbons (Fsp3) is 0. The van der Waals surface area contributed by atoms with Crippen molar-refractivity contribution in [3.8, 4) is 0 Å². The molecule has 0 unspecified atom stereocenters. The average Bonchev–Trinajstić information content (AvgIpc) is 2.31. The average molecular weight is 154 g/mol. The number of halogens is 2. The summed E-state index contributed by atoms with van der Waals surface area (Å²) in [5.41, 5.74) is 0.0185. The normalized spacial score (nSPS) is 10.7. The van der Waals surface area contributed by atoms with Gasteiger partial charge in [-0.05, 0) is 12.1 Å². The summed E-state index contributed by atoms with van der Waals surface area (Å²) in [5.74, 6) is -1.19. The third-order valence-electron chi connectivity index (χ3n) is 1.41. The van der Waals surface area contributed by atoms with Gasteiger partial charge >= 0.3 is 0 Å². The fourth-order valence-electron chi connectivity index (χ4n) is 0.949. The Balaban J connectivity index is 2.90. The van der Waals surface area contributed by atoms with Crippen LogP contribution in [0.15, 0.2) is 24.5 Å². The minimum atomic E-state index is -0.671. The smallest absolute Gasteiger partial charge is 0.231 e. The second-order valence-corrected chi connectivity index (χ2v) is 2.15. The number of pyridine rings is 1. The lowest BCUT2D eigenvalue weighted by atomic mass is 10.4. The predicted octanol–water partition coefficient (Wildman–Crippen LogP) is 1.61. The van der Waals surface area contributed by atoms with Crippen LogP contribution in [0.4, 0.5) is 8.78 Å². The number of fused-ring (bicyclic) bond motifs is 1. The maximum absolute atomic E-state index is 12.7. The van der Waals surface area contributed by atoms with Crippen LogP contribution in [0.25, 0.3) is 5.65 Å². The first kappa shape index (κ1) is 6.27. The highest BCUT2D eigenvalue weighted by Gasteiger charge is 2.03. The second kappa shape index (κ2) is 2.02. The van der Waals surface area contributed by atoms with Crippen molar-refractivity contribution >= 4 is 5.65 Å². The summed E-state index contributed by atoms with van der Waals surface area (Å²) in [6.45, 7) is 0. The number of aromatic nitrogens is 2. The molecule has 0 amide bonds. The van der Waals surface area contributed by atoms with Crippen molar-refractivity contribution < 1.29 is 8.78 Å². The molecule has 2 aromatic rings. The summed E-state index contributed by atoms with van der Waals surface area (Å²) in [4.78, 5) is 3.33. The van der Waals surface area contributed by atoms with Gasteiger partial charge in [0.05, 0.1) is 6.20 Å². The van der Waals surface area contributed by atoms with Crippen LogP contribution in [0.2, 0.25) is 0 Å². The van der Waals surface area contributed by atoms with Crippen LogP contribution in [0, 0.1) is 11.8 Å². The molecule has 2 heterocycles. The van der Waals surface area contributed by atoms with Gasteiger partial charge in [0.1, 0.15) is 0 Å². The molecule has 2 aromatic heterocycles. The van der Waals surface area contributed by atoms with Gasteiger partial charge in [0.25, 0.3) is 0 Å². The Morgan fingerprint density at radius 1 is 1.36 bits per heavy atom. The van der Waals surface area contributed by atoms with E-state index in [9.17, 15) is 8.78 Å². The lowest BCUT2D eigenvalue weighted by Crippen LogP contribution is -1.84. The van der Waals surface area contributed by atoms with Crippen LogP contribution in [0.5, 0.6) is 0 Å². The van der Waals surface area contributed by atoms with Gasteiger partial charge in [-0.15, -0.1) is 0 Å². The predicted molar refractivity (Wildman–Crippen MR) is 35.1 cm³/mol. The van der Waals surface area contributed by atoms with E-state index in [1.807, 2.05) is 0 Å².